The molecule has 3 aromatic rings. The lowest BCUT2D eigenvalue weighted by Gasteiger charge is -2.08. The molecule has 0 spiro atoms. The highest BCUT2D eigenvalue weighted by atomic mass is 79.9. The summed E-state index contributed by atoms with van der Waals surface area (Å²) in [5.74, 6) is 1.87. The van der Waals surface area contributed by atoms with E-state index in [0.717, 1.165) is 32.6 Å². The van der Waals surface area contributed by atoms with Crippen molar-refractivity contribution in [3.8, 4) is 0 Å². The third kappa shape index (κ3) is 3.90. The summed E-state index contributed by atoms with van der Waals surface area (Å²) >= 11 is 5.37. The van der Waals surface area contributed by atoms with Gasteiger partial charge >= 0.3 is 0 Å². The lowest BCUT2D eigenvalue weighted by molar-refractivity contribution is 0.0951. The molecule has 1 amide bonds. The van der Waals surface area contributed by atoms with Gasteiger partial charge in [0.1, 0.15) is 5.82 Å². The molecule has 0 bridgehead atoms. The van der Waals surface area contributed by atoms with Crippen LogP contribution in [-0.2, 0) is 13.6 Å². The number of hydrogen-bond donors (Lipinski definition) is 1. The predicted octanol–water partition coefficient (Wildman–Crippen LogP) is 4.69. The Morgan fingerprint density at radius 1 is 1.28 bits per heavy atom. The highest BCUT2D eigenvalue weighted by molar-refractivity contribution is 9.10. The van der Waals surface area contributed by atoms with Gasteiger partial charge in [-0.15, -0.1) is 11.8 Å². The van der Waals surface area contributed by atoms with Gasteiger partial charge in [-0.05, 0) is 58.4 Å². The van der Waals surface area contributed by atoms with Crippen LogP contribution < -0.4 is 5.32 Å². The standard InChI is InChI=1S/C19H20BrN3OS/c1-4-25-15-7-5-13(6-8-15)11-21-19(24)14-9-16(20)18-17(10-14)22-12(2)23(18)3/h5-10H,4,11H2,1-3H3,(H,21,24). The Bertz CT molecular complexity index is 919. The zero-order chi connectivity index (χ0) is 18.0. The van der Waals surface area contributed by atoms with Gasteiger partial charge in [-0.25, -0.2) is 4.98 Å². The molecule has 3 rings (SSSR count). The molecule has 4 nitrogen and oxygen atoms in total. The van der Waals surface area contributed by atoms with Crippen LogP contribution in [0, 0.1) is 6.92 Å². The molecule has 1 N–H and O–H groups in total. The highest BCUT2D eigenvalue weighted by Crippen LogP contribution is 2.26. The van der Waals surface area contributed by atoms with E-state index in [1.165, 1.54) is 4.90 Å². The summed E-state index contributed by atoms with van der Waals surface area (Å²) in [6.07, 6.45) is 0. The third-order valence-corrected chi connectivity index (χ3v) is 5.59. The number of aromatic nitrogens is 2. The summed E-state index contributed by atoms with van der Waals surface area (Å²) in [6, 6.07) is 12.0. The number of halogens is 1. The molecule has 0 atom stereocenters. The van der Waals surface area contributed by atoms with E-state index in [1.807, 2.05) is 42.4 Å². The van der Waals surface area contributed by atoms with Crippen molar-refractivity contribution in [2.75, 3.05) is 5.75 Å². The molecule has 0 aliphatic carbocycles. The van der Waals surface area contributed by atoms with Gasteiger partial charge in [-0.1, -0.05) is 19.1 Å². The molecule has 0 aliphatic rings. The number of amides is 1. The molecule has 1 aromatic heterocycles. The third-order valence-electron chi connectivity index (χ3n) is 4.10. The van der Waals surface area contributed by atoms with Crippen molar-refractivity contribution in [2.24, 2.45) is 7.05 Å². The van der Waals surface area contributed by atoms with Gasteiger partial charge in [0.15, 0.2) is 0 Å². The van der Waals surface area contributed by atoms with Crippen LogP contribution in [0.25, 0.3) is 11.0 Å². The molecule has 6 heteroatoms. The van der Waals surface area contributed by atoms with E-state index < -0.39 is 0 Å². The number of carbonyl (C=O) groups excluding carboxylic acids is 1. The van der Waals surface area contributed by atoms with E-state index in [4.69, 9.17) is 0 Å². The molecule has 2 aromatic carbocycles. The smallest absolute Gasteiger partial charge is 0.251 e. The molecule has 0 unspecified atom stereocenters. The molecule has 0 saturated heterocycles. The van der Waals surface area contributed by atoms with Crippen molar-refractivity contribution in [3.63, 3.8) is 0 Å². The second-order valence-electron chi connectivity index (χ2n) is 5.80. The van der Waals surface area contributed by atoms with Crippen LogP contribution in [0.15, 0.2) is 45.8 Å². The highest BCUT2D eigenvalue weighted by Gasteiger charge is 2.13. The zero-order valence-electron chi connectivity index (χ0n) is 14.5. The van der Waals surface area contributed by atoms with Crippen LogP contribution in [0.3, 0.4) is 0 Å². The molecule has 0 aliphatic heterocycles. The number of fused-ring (bicyclic) bond motifs is 1. The first-order valence-electron chi connectivity index (χ1n) is 8.12. The molecular weight excluding hydrogens is 398 g/mol. The van der Waals surface area contributed by atoms with Gasteiger partial charge in [0.2, 0.25) is 0 Å². The van der Waals surface area contributed by atoms with Crippen LogP contribution >= 0.6 is 27.7 Å². The number of benzene rings is 2. The van der Waals surface area contributed by atoms with Crippen LogP contribution in [0.2, 0.25) is 0 Å². The van der Waals surface area contributed by atoms with Crippen molar-refractivity contribution in [3.05, 3.63) is 57.8 Å². The average Bonchev–Trinajstić information content (AvgIpc) is 2.89. The molecular formula is C19H20BrN3OS. The Morgan fingerprint density at radius 2 is 2.00 bits per heavy atom. The van der Waals surface area contributed by atoms with E-state index in [9.17, 15) is 4.79 Å². The second kappa shape index (κ2) is 7.62. The largest absolute Gasteiger partial charge is 0.348 e. The maximum Gasteiger partial charge on any atom is 0.251 e. The van der Waals surface area contributed by atoms with Gasteiger partial charge < -0.3 is 9.88 Å². The lowest BCUT2D eigenvalue weighted by atomic mass is 10.1. The Labute approximate surface area is 160 Å². The number of imidazole rings is 1. The van der Waals surface area contributed by atoms with Crippen molar-refractivity contribution in [2.45, 2.75) is 25.3 Å². The van der Waals surface area contributed by atoms with E-state index >= 15 is 0 Å². The molecule has 25 heavy (non-hydrogen) atoms. The summed E-state index contributed by atoms with van der Waals surface area (Å²) < 4.78 is 2.89. The number of hydrogen-bond acceptors (Lipinski definition) is 3. The fourth-order valence-corrected chi connectivity index (χ4v) is 4.08. The van der Waals surface area contributed by atoms with E-state index in [2.05, 4.69) is 57.4 Å². The molecule has 0 saturated carbocycles. The van der Waals surface area contributed by atoms with E-state index in [-0.39, 0.29) is 5.91 Å². The molecule has 130 valence electrons. The van der Waals surface area contributed by atoms with Crippen LogP contribution in [-0.4, -0.2) is 21.2 Å². The Balaban J connectivity index is 1.74. The Hall–Kier alpha value is -1.79. The summed E-state index contributed by atoms with van der Waals surface area (Å²) in [5, 5.41) is 2.98. The maximum atomic E-state index is 12.5. The van der Waals surface area contributed by atoms with Crippen LogP contribution in [0.1, 0.15) is 28.7 Å². The fraction of sp³-hybridized carbons (Fsp3) is 0.263. The monoisotopic (exact) mass is 417 g/mol. The van der Waals surface area contributed by atoms with Gasteiger partial charge in [0.25, 0.3) is 5.91 Å². The number of carbonyl (C=O) groups is 1. The summed E-state index contributed by atoms with van der Waals surface area (Å²) in [7, 11) is 1.97. The van der Waals surface area contributed by atoms with Crippen LogP contribution in [0.4, 0.5) is 0 Å². The van der Waals surface area contributed by atoms with Crippen molar-refractivity contribution >= 4 is 44.6 Å². The molecule has 0 radical (unpaired) electrons. The number of aryl methyl sites for hydroxylation is 2. The van der Waals surface area contributed by atoms with E-state index in [1.54, 1.807) is 0 Å². The van der Waals surface area contributed by atoms with Gasteiger partial charge in [0.05, 0.1) is 11.0 Å². The SMILES string of the molecule is CCSc1ccc(CNC(=O)c2cc(Br)c3c(c2)nc(C)n3C)cc1. The first-order valence-corrected chi connectivity index (χ1v) is 9.90. The minimum absolute atomic E-state index is 0.0992. The summed E-state index contributed by atoms with van der Waals surface area (Å²) in [5.41, 5.74) is 3.51. The van der Waals surface area contributed by atoms with Gasteiger partial charge in [-0.3, -0.25) is 4.79 Å². The number of thioether (sulfide) groups is 1. The quantitative estimate of drug-likeness (QED) is 0.612. The topological polar surface area (TPSA) is 46.9 Å². The molecule has 0 fully saturated rings. The first-order chi connectivity index (χ1) is 12.0. The molecule has 1 heterocycles. The fourth-order valence-electron chi connectivity index (χ4n) is 2.70. The zero-order valence-corrected chi connectivity index (χ0v) is 16.9. The summed E-state index contributed by atoms with van der Waals surface area (Å²) in [6.45, 7) is 4.59. The second-order valence-corrected chi connectivity index (χ2v) is 8.00. The Kier molecular flexibility index (Phi) is 5.49. The van der Waals surface area contributed by atoms with Crippen LogP contribution in [0.5, 0.6) is 0 Å². The number of nitrogens with zero attached hydrogens (tertiary/aromatic N) is 2. The predicted molar refractivity (Wildman–Crippen MR) is 107 cm³/mol. The maximum absolute atomic E-state index is 12.5. The minimum Gasteiger partial charge on any atom is -0.348 e. The lowest BCUT2D eigenvalue weighted by Crippen LogP contribution is -2.22. The summed E-state index contributed by atoms with van der Waals surface area (Å²) in [4.78, 5) is 18.3. The number of rotatable bonds is 5. The normalized spacial score (nSPS) is 11.0. The van der Waals surface area contributed by atoms with Crippen molar-refractivity contribution < 1.29 is 4.79 Å². The van der Waals surface area contributed by atoms with Crippen molar-refractivity contribution in [1.29, 1.82) is 0 Å². The Morgan fingerprint density at radius 3 is 2.68 bits per heavy atom. The number of nitrogens with one attached hydrogen (secondary N) is 1. The average molecular weight is 418 g/mol. The van der Waals surface area contributed by atoms with Gasteiger partial charge in [-0.2, -0.15) is 0 Å². The first kappa shape index (κ1) is 18.0. The van der Waals surface area contributed by atoms with E-state index in [0.29, 0.717) is 12.1 Å². The minimum atomic E-state index is -0.0992. The van der Waals surface area contributed by atoms with Gasteiger partial charge in [0, 0.05) is 28.5 Å². The van der Waals surface area contributed by atoms with Crippen molar-refractivity contribution in [1.82, 2.24) is 14.9 Å².